The molecule has 380 valence electrons. The molecule has 0 aromatic rings. The van der Waals surface area contributed by atoms with Gasteiger partial charge in [0.25, 0.3) is 6.29 Å². The Labute approximate surface area is 400 Å². The molecule has 1 N–H and O–H groups in total. The molecule has 0 aliphatic heterocycles. The first-order valence-electron chi connectivity index (χ1n) is 27.2. The molecule has 65 heavy (non-hydrogen) atoms. The zero-order valence-corrected chi connectivity index (χ0v) is 43.2. The van der Waals surface area contributed by atoms with Gasteiger partial charge in [0.1, 0.15) is 13.2 Å². The fourth-order valence-electron chi connectivity index (χ4n) is 7.63. The van der Waals surface area contributed by atoms with Crippen LogP contribution in [0.5, 0.6) is 0 Å². The Hall–Kier alpha value is -2.49. The first-order chi connectivity index (χ1) is 31.6. The van der Waals surface area contributed by atoms with Gasteiger partial charge in [-0.1, -0.05) is 198 Å². The van der Waals surface area contributed by atoms with Gasteiger partial charge in [-0.3, -0.25) is 9.59 Å². The van der Waals surface area contributed by atoms with E-state index in [1.54, 1.807) is 0 Å². The number of carbonyl (C=O) groups is 3. The number of ether oxygens (including phenoxy) is 4. The highest BCUT2D eigenvalue weighted by molar-refractivity contribution is 5.71. The molecule has 0 fully saturated rings. The maximum Gasteiger partial charge on any atom is 0.361 e. The molecule has 0 aromatic heterocycles. The van der Waals surface area contributed by atoms with Crippen molar-refractivity contribution in [1.82, 2.24) is 0 Å². The quantitative estimate of drug-likeness (QED) is 0.0211. The number of aliphatic carboxylic acids is 1. The Morgan fingerprint density at radius 2 is 0.831 bits per heavy atom. The summed E-state index contributed by atoms with van der Waals surface area (Å²) in [6.07, 6.45) is 53.5. The Kier molecular flexibility index (Phi) is 46.1. The zero-order valence-electron chi connectivity index (χ0n) is 43.2. The lowest BCUT2D eigenvalue weighted by Gasteiger charge is -2.25. The second-order valence-corrected chi connectivity index (χ2v) is 19.5. The van der Waals surface area contributed by atoms with Gasteiger partial charge in [0.05, 0.1) is 34.4 Å². The summed E-state index contributed by atoms with van der Waals surface area (Å²) in [6, 6.07) is 0. The van der Waals surface area contributed by atoms with E-state index in [1.165, 1.54) is 167 Å². The number of nitrogens with zero attached hydrogens (tertiary/aromatic N) is 1. The Morgan fingerprint density at radius 1 is 0.462 bits per heavy atom. The van der Waals surface area contributed by atoms with Crippen LogP contribution in [0.1, 0.15) is 245 Å². The number of hydrogen-bond donors (Lipinski definition) is 1. The van der Waals surface area contributed by atoms with Crippen molar-refractivity contribution in [2.75, 3.05) is 47.5 Å². The number of likely N-dealkylation sites (N-methyl/N-ethyl adjacent to an activating group) is 1. The van der Waals surface area contributed by atoms with Crippen LogP contribution in [0, 0.1) is 0 Å². The van der Waals surface area contributed by atoms with Crippen molar-refractivity contribution < 1.29 is 42.9 Å². The first-order valence-corrected chi connectivity index (χ1v) is 27.2. The lowest BCUT2D eigenvalue weighted by atomic mass is 10.1. The van der Waals surface area contributed by atoms with Crippen LogP contribution in [0.3, 0.4) is 0 Å². The number of carboxylic acid groups (broad SMARTS) is 1. The van der Waals surface area contributed by atoms with Gasteiger partial charge >= 0.3 is 17.9 Å². The summed E-state index contributed by atoms with van der Waals surface area (Å²) in [4.78, 5) is 37.3. The minimum Gasteiger partial charge on any atom is -0.477 e. The summed E-state index contributed by atoms with van der Waals surface area (Å²) >= 11 is 0. The number of esters is 2. The minimum atomic E-state index is -1.51. The molecule has 0 aromatic carbocycles. The molecular weight excluding hydrogens is 815 g/mol. The van der Waals surface area contributed by atoms with E-state index in [4.69, 9.17) is 18.9 Å². The lowest BCUT2D eigenvalue weighted by Crippen LogP contribution is -2.40. The molecule has 0 saturated carbocycles. The molecule has 0 heterocycles. The van der Waals surface area contributed by atoms with Crippen LogP contribution < -0.4 is 0 Å². The number of hydrogen-bond acceptors (Lipinski definition) is 7. The van der Waals surface area contributed by atoms with Crippen LogP contribution in [0.25, 0.3) is 0 Å². The van der Waals surface area contributed by atoms with E-state index in [1.807, 2.05) is 21.1 Å². The highest BCUT2D eigenvalue weighted by Gasteiger charge is 2.25. The molecule has 0 amide bonds. The van der Waals surface area contributed by atoms with E-state index in [9.17, 15) is 19.5 Å². The van der Waals surface area contributed by atoms with Crippen LogP contribution in [-0.2, 0) is 33.3 Å². The van der Waals surface area contributed by atoms with Crippen LogP contribution in [-0.4, -0.2) is 87.4 Å². The maximum atomic E-state index is 12.8. The zero-order chi connectivity index (χ0) is 47.7. The largest absolute Gasteiger partial charge is 0.477 e. The fraction of sp³-hybridized carbons (Fsp3) is 0.839. The topological polar surface area (TPSA) is 108 Å². The summed E-state index contributed by atoms with van der Waals surface area (Å²) in [5, 5.41) is 9.68. The van der Waals surface area contributed by atoms with E-state index < -0.39 is 24.3 Å². The summed E-state index contributed by atoms with van der Waals surface area (Å²) in [6.45, 7) is 4.88. The highest BCUT2D eigenvalue weighted by Crippen LogP contribution is 2.15. The van der Waals surface area contributed by atoms with Gasteiger partial charge in [-0.05, 0) is 70.6 Å². The first kappa shape index (κ1) is 62.5. The van der Waals surface area contributed by atoms with Crippen molar-refractivity contribution >= 4 is 17.9 Å². The van der Waals surface area contributed by atoms with E-state index in [0.29, 0.717) is 17.4 Å². The predicted octanol–water partition coefficient (Wildman–Crippen LogP) is 15.3. The van der Waals surface area contributed by atoms with Gasteiger partial charge < -0.3 is 28.5 Å². The fourth-order valence-corrected chi connectivity index (χ4v) is 7.63. The summed E-state index contributed by atoms with van der Waals surface area (Å²) in [5.74, 6) is -2.00. The van der Waals surface area contributed by atoms with Crippen molar-refractivity contribution in [3.05, 3.63) is 36.5 Å². The number of unbranched alkanes of at least 4 members (excludes halogenated alkanes) is 29. The summed E-state index contributed by atoms with van der Waals surface area (Å²) < 4.78 is 22.8. The molecule has 9 nitrogen and oxygen atoms in total. The maximum absolute atomic E-state index is 12.8. The average molecular weight is 919 g/mol. The second-order valence-electron chi connectivity index (χ2n) is 19.5. The molecule has 0 bridgehead atoms. The average Bonchev–Trinajstić information content (AvgIpc) is 3.27. The van der Waals surface area contributed by atoms with Gasteiger partial charge in [0.2, 0.25) is 0 Å². The van der Waals surface area contributed by atoms with Crippen molar-refractivity contribution in [1.29, 1.82) is 0 Å². The number of rotatable bonds is 50. The van der Waals surface area contributed by atoms with Gasteiger partial charge in [-0.25, -0.2) is 4.79 Å². The van der Waals surface area contributed by atoms with Gasteiger partial charge in [-0.2, -0.15) is 0 Å². The molecule has 0 saturated heterocycles. The van der Waals surface area contributed by atoms with Crippen LogP contribution in [0.4, 0.5) is 0 Å². The van der Waals surface area contributed by atoms with Crippen LogP contribution in [0.2, 0.25) is 0 Å². The van der Waals surface area contributed by atoms with Crippen molar-refractivity contribution in [3.63, 3.8) is 0 Å². The smallest absolute Gasteiger partial charge is 0.361 e. The molecule has 0 aliphatic rings. The van der Waals surface area contributed by atoms with Crippen molar-refractivity contribution in [3.8, 4) is 0 Å². The standard InChI is InChI=1S/C56H103NO8/c1-6-8-10-12-14-16-18-20-22-24-26-27-29-31-33-35-37-39-41-43-45-47-54(59)65-52(51-64-56(55(60)61)62-49-48-57(3,4)5)50-63-53(58)46-44-42-40-38-36-34-32-30-28-25-23-21-19-17-15-13-11-9-7-2/h18,20-21,23-24,26,52,56H,6-17,19,22,25,27-51H2,1-5H3/p+1/b20-18-,23-21-,26-24-. The third kappa shape index (κ3) is 49.2. The number of quaternary nitrogens is 1. The third-order valence-electron chi connectivity index (χ3n) is 11.9. The van der Waals surface area contributed by atoms with E-state index >= 15 is 0 Å². The van der Waals surface area contributed by atoms with Crippen molar-refractivity contribution in [2.24, 2.45) is 0 Å². The Morgan fingerprint density at radius 3 is 1.23 bits per heavy atom. The molecule has 2 unspecified atom stereocenters. The van der Waals surface area contributed by atoms with Crippen LogP contribution in [0.15, 0.2) is 36.5 Å². The Balaban J connectivity index is 4.31. The minimum absolute atomic E-state index is 0.183. The second kappa shape index (κ2) is 48.0. The SMILES string of the molecule is CCCCCCC/C=C\C/C=C\CCCCCCCCCCCC(=O)OC(COC(=O)CCCCCCCCCCC/C=C\CCCCCCCC)COC(OCC[N+](C)(C)C)C(=O)O. The number of carbonyl (C=O) groups excluding carboxylic acids is 2. The van der Waals surface area contributed by atoms with Gasteiger partial charge in [-0.15, -0.1) is 0 Å². The number of carboxylic acids is 1. The number of allylic oxidation sites excluding steroid dienone is 6. The van der Waals surface area contributed by atoms with Crippen LogP contribution >= 0.6 is 0 Å². The molecule has 2 atom stereocenters. The summed E-state index contributed by atoms with van der Waals surface area (Å²) in [5.41, 5.74) is 0. The third-order valence-corrected chi connectivity index (χ3v) is 11.9. The van der Waals surface area contributed by atoms with Gasteiger partial charge in [0, 0.05) is 12.8 Å². The molecule has 0 radical (unpaired) electrons. The molecule has 0 spiro atoms. The Bertz CT molecular complexity index is 1160. The van der Waals surface area contributed by atoms with Gasteiger partial charge in [0.15, 0.2) is 6.10 Å². The van der Waals surface area contributed by atoms with E-state index in [0.717, 1.165) is 51.4 Å². The lowest BCUT2D eigenvalue weighted by molar-refractivity contribution is -0.870. The highest BCUT2D eigenvalue weighted by atomic mass is 16.7. The molecule has 0 aliphatic carbocycles. The molecular formula is C56H104NO8+. The molecule has 0 rings (SSSR count). The molecule has 9 heteroatoms. The monoisotopic (exact) mass is 919 g/mol. The van der Waals surface area contributed by atoms with E-state index in [-0.39, 0.29) is 32.2 Å². The predicted molar refractivity (Wildman–Crippen MR) is 272 cm³/mol. The summed E-state index contributed by atoms with van der Waals surface area (Å²) in [7, 11) is 5.97. The van der Waals surface area contributed by atoms with Crippen molar-refractivity contribution in [2.45, 2.75) is 257 Å². The van der Waals surface area contributed by atoms with E-state index in [2.05, 4.69) is 50.3 Å². The normalized spacial score (nSPS) is 13.1.